The van der Waals surface area contributed by atoms with E-state index in [0.29, 0.717) is 10.9 Å². The Kier molecular flexibility index (Phi) is 4.67. The lowest BCUT2D eigenvalue weighted by Crippen LogP contribution is -3.13. The smallest absolute Gasteiger partial charge is 0.235 e. The number of nitrogens with zero attached hydrogens (tertiary/aromatic N) is 3. The number of hydrogen-bond donors (Lipinski definition) is 2. The first kappa shape index (κ1) is 17.4. The third-order valence-electron chi connectivity index (χ3n) is 5.24. The quantitative estimate of drug-likeness (QED) is 0.737. The number of thiazole rings is 1. The highest BCUT2D eigenvalue weighted by molar-refractivity contribution is 7.17. The first-order valence-corrected chi connectivity index (χ1v) is 10.1. The van der Waals surface area contributed by atoms with Crippen LogP contribution in [0.5, 0.6) is 5.88 Å². The third-order valence-corrected chi connectivity index (χ3v) is 6.32. The van der Waals surface area contributed by atoms with Crippen LogP contribution in [0.4, 0.5) is 4.39 Å². The van der Waals surface area contributed by atoms with Gasteiger partial charge in [0.1, 0.15) is 10.7 Å². The number of hydrogen-bond acceptors (Lipinski definition) is 4. The molecule has 1 saturated heterocycles. The van der Waals surface area contributed by atoms with Crippen LogP contribution < -0.4 is 4.90 Å². The Morgan fingerprint density at radius 1 is 1.38 bits per heavy atom. The Balaban J connectivity index is 1.80. The van der Waals surface area contributed by atoms with Gasteiger partial charge in [-0.25, -0.2) is 9.37 Å². The summed E-state index contributed by atoms with van der Waals surface area (Å²) in [6, 6.07) is 6.63. The van der Waals surface area contributed by atoms with Crippen molar-refractivity contribution >= 4 is 16.3 Å². The number of likely N-dealkylation sites (tertiary alicyclic amines) is 1. The topological polar surface area (TPSA) is 54.9 Å². The van der Waals surface area contributed by atoms with E-state index in [4.69, 9.17) is 0 Å². The second-order valence-corrected chi connectivity index (χ2v) is 8.22. The van der Waals surface area contributed by atoms with Gasteiger partial charge in [-0.3, -0.25) is 0 Å². The number of benzene rings is 1. The number of rotatable bonds is 4. The first-order valence-electron chi connectivity index (χ1n) is 9.24. The minimum absolute atomic E-state index is 0.0306. The highest BCUT2D eigenvalue weighted by atomic mass is 32.1. The van der Waals surface area contributed by atoms with Gasteiger partial charge in [0.25, 0.3) is 0 Å². The van der Waals surface area contributed by atoms with Crippen molar-refractivity contribution in [2.45, 2.75) is 39.2 Å². The van der Waals surface area contributed by atoms with Crippen molar-refractivity contribution in [1.82, 2.24) is 14.6 Å². The minimum atomic E-state index is -0.242. The van der Waals surface area contributed by atoms with Gasteiger partial charge in [-0.1, -0.05) is 25.2 Å². The number of aromatic hydroxyl groups is 1. The van der Waals surface area contributed by atoms with Gasteiger partial charge in [-0.05, 0) is 37.1 Å². The summed E-state index contributed by atoms with van der Waals surface area (Å²) in [5, 5.41) is 15.3. The molecule has 2 N–H and O–H groups in total. The molecule has 0 saturated carbocycles. The SMILES string of the molecule is CCc1nc2sc([C@H](c3ccc(F)cc3)[NH+]3CCC[C@H](C)C3)c(O)n2n1. The average Bonchev–Trinajstić information content (AvgIpc) is 3.17. The predicted molar refractivity (Wildman–Crippen MR) is 99.2 cm³/mol. The molecule has 1 aliphatic heterocycles. The molecule has 138 valence electrons. The zero-order chi connectivity index (χ0) is 18.3. The molecule has 1 aliphatic rings. The van der Waals surface area contributed by atoms with Crippen molar-refractivity contribution in [3.8, 4) is 5.88 Å². The molecule has 0 amide bonds. The van der Waals surface area contributed by atoms with Crippen molar-refractivity contribution < 1.29 is 14.4 Å². The molecule has 1 fully saturated rings. The van der Waals surface area contributed by atoms with E-state index in [-0.39, 0.29) is 17.7 Å². The Morgan fingerprint density at radius 2 is 2.15 bits per heavy atom. The molecule has 2 aromatic heterocycles. The summed E-state index contributed by atoms with van der Waals surface area (Å²) in [6.45, 7) is 6.35. The summed E-state index contributed by atoms with van der Waals surface area (Å²) in [6.07, 6.45) is 3.13. The number of nitrogens with one attached hydrogen (secondary N) is 1. The molecule has 4 rings (SSSR count). The van der Waals surface area contributed by atoms with Crippen molar-refractivity contribution in [2.75, 3.05) is 13.1 Å². The number of fused-ring (bicyclic) bond motifs is 1. The summed E-state index contributed by atoms with van der Waals surface area (Å²) < 4.78 is 15.0. The summed E-state index contributed by atoms with van der Waals surface area (Å²) in [7, 11) is 0. The molecule has 0 bridgehead atoms. The van der Waals surface area contributed by atoms with Gasteiger partial charge in [0.15, 0.2) is 11.9 Å². The monoisotopic (exact) mass is 375 g/mol. The van der Waals surface area contributed by atoms with Crippen LogP contribution in [0.15, 0.2) is 24.3 Å². The lowest BCUT2D eigenvalue weighted by molar-refractivity contribution is -0.933. The molecule has 3 aromatic rings. The molecular weight excluding hydrogens is 351 g/mol. The lowest BCUT2D eigenvalue weighted by atomic mass is 9.95. The number of aryl methyl sites for hydroxylation is 1. The summed E-state index contributed by atoms with van der Waals surface area (Å²) in [5.41, 5.74) is 1.02. The highest BCUT2D eigenvalue weighted by Crippen LogP contribution is 2.35. The molecular formula is C19H24FN4OS+. The lowest BCUT2D eigenvalue weighted by Gasteiger charge is -2.34. The summed E-state index contributed by atoms with van der Waals surface area (Å²) in [4.78, 5) is 7.49. The Morgan fingerprint density at radius 3 is 2.81 bits per heavy atom. The number of aromatic nitrogens is 3. The van der Waals surface area contributed by atoms with E-state index in [1.807, 2.05) is 19.1 Å². The van der Waals surface area contributed by atoms with Crippen LogP contribution in [0.3, 0.4) is 0 Å². The molecule has 7 heteroatoms. The van der Waals surface area contributed by atoms with Crippen LogP contribution >= 0.6 is 11.3 Å². The van der Waals surface area contributed by atoms with E-state index in [1.165, 1.54) is 34.8 Å². The van der Waals surface area contributed by atoms with Crippen LogP contribution in [0, 0.1) is 11.7 Å². The molecule has 0 spiro atoms. The van der Waals surface area contributed by atoms with E-state index in [9.17, 15) is 9.50 Å². The first-order chi connectivity index (χ1) is 12.6. The fourth-order valence-electron chi connectivity index (χ4n) is 3.95. The van der Waals surface area contributed by atoms with Crippen LogP contribution in [0.25, 0.3) is 4.96 Å². The Hall–Kier alpha value is -1.99. The molecule has 26 heavy (non-hydrogen) atoms. The molecule has 3 atom stereocenters. The van der Waals surface area contributed by atoms with Crippen LogP contribution in [-0.2, 0) is 6.42 Å². The van der Waals surface area contributed by atoms with Gasteiger partial charge < -0.3 is 10.0 Å². The molecule has 5 nitrogen and oxygen atoms in total. The second kappa shape index (κ2) is 6.96. The van der Waals surface area contributed by atoms with E-state index in [0.717, 1.165) is 42.2 Å². The van der Waals surface area contributed by atoms with Crippen LogP contribution in [-0.4, -0.2) is 32.8 Å². The number of piperidine rings is 1. The number of halogens is 1. The second-order valence-electron chi connectivity index (χ2n) is 7.21. The molecule has 1 aromatic carbocycles. The Bertz CT molecular complexity index is 904. The Labute approximate surface area is 156 Å². The van der Waals surface area contributed by atoms with Crippen molar-refractivity contribution in [3.05, 3.63) is 46.3 Å². The van der Waals surface area contributed by atoms with Gasteiger partial charge in [0.05, 0.1) is 13.1 Å². The van der Waals surface area contributed by atoms with E-state index >= 15 is 0 Å². The van der Waals surface area contributed by atoms with Crippen molar-refractivity contribution in [1.29, 1.82) is 0 Å². The summed E-state index contributed by atoms with van der Waals surface area (Å²) in [5.74, 6) is 1.29. The minimum Gasteiger partial charge on any atom is -0.492 e. The van der Waals surface area contributed by atoms with Crippen molar-refractivity contribution in [2.24, 2.45) is 5.92 Å². The number of quaternary nitrogens is 1. The van der Waals surface area contributed by atoms with Gasteiger partial charge in [0, 0.05) is 17.9 Å². The largest absolute Gasteiger partial charge is 0.492 e. The van der Waals surface area contributed by atoms with Gasteiger partial charge in [0.2, 0.25) is 10.8 Å². The van der Waals surface area contributed by atoms with E-state index < -0.39 is 0 Å². The van der Waals surface area contributed by atoms with Crippen molar-refractivity contribution in [3.63, 3.8) is 0 Å². The normalized spacial score (nSPS) is 22.0. The molecule has 0 aliphatic carbocycles. The fourth-order valence-corrected chi connectivity index (χ4v) is 5.11. The molecule has 3 heterocycles. The van der Waals surface area contributed by atoms with Gasteiger partial charge in [-0.2, -0.15) is 4.52 Å². The van der Waals surface area contributed by atoms with Gasteiger partial charge in [-0.15, -0.1) is 5.10 Å². The predicted octanol–water partition coefficient (Wildman–Crippen LogP) is 2.60. The maximum absolute atomic E-state index is 13.5. The maximum atomic E-state index is 13.5. The zero-order valence-electron chi connectivity index (χ0n) is 15.1. The van der Waals surface area contributed by atoms with Crippen LogP contribution in [0.2, 0.25) is 0 Å². The standard InChI is InChI=1S/C19H23FN4OS/c1-3-15-21-19-24(22-15)18(25)17(26-19)16(13-6-8-14(20)9-7-13)23-10-4-5-12(2)11-23/h6-9,12,16,25H,3-5,10-11H2,1-2H3/p+1/t12-,16-/m0/s1. The van der Waals surface area contributed by atoms with E-state index in [1.54, 1.807) is 4.52 Å². The molecule has 1 unspecified atom stereocenters. The maximum Gasteiger partial charge on any atom is 0.235 e. The highest BCUT2D eigenvalue weighted by Gasteiger charge is 2.35. The molecule has 0 radical (unpaired) electrons. The van der Waals surface area contributed by atoms with Crippen LogP contribution in [0.1, 0.15) is 49.0 Å². The third kappa shape index (κ3) is 3.10. The summed E-state index contributed by atoms with van der Waals surface area (Å²) >= 11 is 1.49. The van der Waals surface area contributed by atoms with E-state index in [2.05, 4.69) is 17.0 Å². The fraction of sp³-hybridized carbons (Fsp3) is 0.474. The zero-order valence-corrected chi connectivity index (χ0v) is 15.9. The average molecular weight is 375 g/mol. The van der Waals surface area contributed by atoms with Gasteiger partial charge >= 0.3 is 0 Å².